The van der Waals surface area contributed by atoms with Gasteiger partial charge in [0.2, 0.25) is 0 Å². The minimum atomic E-state index is -0.834. The molecule has 0 amide bonds. The lowest BCUT2D eigenvalue weighted by Gasteiger charge is -2.28. The largest absolute Gasteiger partial charge is 0.127 e. The molecule has 1 aromatic rings. The van der Waals surface area contributed by atoms with Crippen molar-refractivity contribution < 1.29 is 0 Å². The fourth-order valence-electron chi connectivity index (χ4n) is 3.25. The number of hydrogen-bond acceptors (Lipinski definition) is 0. The molecule has 126 valence electrons. The Balaban J connectivity index is 2.76. The lowest BCUT2D eigenvalue weighted by atomic mass is 10.2. The fraction of sp³-hybridized carbons (Fsp3) is 0.700. The van der Waals surface area contributed by atoms with E-state index in [0.29, 0.717) is 0 Å². The number of hydrogen-bond donors (Lipinski definition) is 0. The maximum Gasteiger partial charge on any atom is 0.0842 e. The quantitative estimate of drug-likeness (QED) is 0.202. The van der Waals surface area contributed by atoms with E-state index in [2.05, 4.69) is 44.2 Å². The second-order valence-electron chi connectivity index (χ2n) is 6.61. The fourth-order valence-corrected chi connectivity index (χ4v) is 8.44. The van der Waals surface area contributed by atoms with E-state index in [-0.39, 0.29) is 0 Å². The molecule has 0 aromatic heterocycles. The Morgan fingerprint density at radius 1 is 0.773 bits per heavy atom. The van der Waals surface area contributed by atoms with Crippen LogP contribution in [0.1, 0.15) is 64.4 Å². The zero-order chi connectivity index (χ0) is 16.1. The molecule has 1 rings (SSSR count). The molecule has 0 aliphatic carbocycles. The van der Waals surface area contributed by atoms with Crippen molar-refractivity contribution >= 4 is 18.9 Å². The Bertz CT molecular complexity index is 355. The Labute approximate surface area is 144 Å². The van der Waals surface area contributed by atoms with E-state index in [0.717, 1.165) is 5.88 Å². The zero-order valence-corrected chi connectivity index (χ0v) is 16.3. The van der Waals surface area contributed by atoms with Gasteiger partial charge >= 0.3 is 0 Å². The zero-order valence-electron chi connectivity index (χ0n) is 14.7. The third-order valence-electron chi connectivity index (χ3n) is 4.60. The number of halogens is 1. The summed E-state index contributed by atoms with van der Waals surface area (Å²) >= 11 is 5.86. The van der Waals surface area contributed by atoms with Crippen LogP contribution < -0.4 is 0 Å². The normalized spacial score (nSPS) is 11.8. The average molecular weight is 342 g/mol. The molecule has 22 heavy (non-hydrogen) atoms. The smallest absolute Gasteiger partial charge is 0.0842 e. The van der Waals surface area contributed by atoms with Crippen LogP contribution in [0.3, 0.4) is 0 Å². The molecule has 2 heteroatoms. The molecule has 1 aromatic carbocycles. The predicted molar refractivity (Wildman–Crippen MR) is 106 cm³/mol. The van der Waals surface area contributed by atoms with E-state index in [9.17, 15) is 0 Å². The van der Waals surface area contributed by atoms with Crippen LogP contribution in [0.5, 0.6) is 0 Å². The second kappa shape index (κ2) is 12.4. The molecule has 0 saturated carbocycles. The second-order valence-corrected chi connectivity index (χ2v) is 11.3. The van der Waals surface area contributed by atoms with Gasteiger partial charge in [-0.25, -0.2) is 0 Å². The minimum Gasteiger partial charge on any atom is -0.127 e. The first-order valence-corrected chi connectivity index (χ1v) is 12.3. The van der Waals surface area contributed by atoms with Gasteiger partial charge in [0.05, 0.1) is 24.6 Å². The van der Waals surface area contributed by atoms with Gasteiger partial charge in [-0.05, 0) is 37.7 Å². The van der Waals surface area contributed by atoms with Crippen LogP contribution in [-0.2, 0) is 6.16 Å². The van der Waals surface area contributed by atoms with Gasteiger partial charge in [0.25, 0.3) is 0 Å². The van der Waals surface area contributed by atoms with Crippen molar-refractivity contribution in [2.75, 3.05) is 24.4 Å². The van der Waals surface area contributed by atoms with Gasteiger partial charge in [-0.3, -0.25) is 0 Å². The summed E-state index contributed by atoms with van der Waals surface area (Å²) in [5, 5.41) is 0. The van der Waals surface area contributed by atoms with Crippen molar-refractivity contribution in [2.24, 2.45) is 0 Å². The first-order valence-electron chi connectivity index (χ1n) is 9.21. The first-order chi connectivity index (χ1) is 10.8. The molecular formula is C20H35ClP+. The van der Waals surface area contributed by atoms with Gasteiger partial charge in [-0.15, -0.1) is 11.6 Å². The van der Waals surface area contributed by atoms with Crippen LogP contribution in [0.25, 0.3) is 0 Å². The lowest BCUT2D eigenvalue weighted by molar-refractivity contribution is 0.768. The Morgan fingerprint density at radius 2 is 1.36 bits per heavy atom. The molecule has 0 aliphatic rings. The van der Waals surface area contributed by atoms with Gasteiger partial charge in [0, 0.05) is 13.1 Å². The summed E-state index contributed by atoms with van der Waals surface area (Å²) < 4.78 is 0. The van der Waals surface area contributed by atoms with Crippen molar-refractivity contribution in [2.45, 2.75) is 65.0 Å². The summed E-state index contributed by atoms with van der Waals surface area (Å²) in [6, 6.07) is 11.2. The molecular weight excluding hydrogens is 307 g/mol. The van der Waals surface area contributed by atoms with E-state index in [4.69, 9.17) is 11.6 Å². The number of rotatable bonds is 13. The van der Waals surface area contributed by atoms with Gasteiger partial charge in [0.1, 0.15) is 0 Å². The first kappa shape index (κ1) is 20.0. The molecule has 0 N–H and O–H groups in total. The minimum absolute atomic E-state index is 0.827. The van der Waals surface area contributed by atoms with E-state index in [1.54, 1.807) is 5.56 Å². The summed E-state index contributed by atoms with van der Waals surface area (Å²) in [4.78, 5) is 0. The maximum atomic E-state index is 5.86. The van der Waals surface area contributed by atoms with Crippen molar-refractivity contribution in [3.05, 3.63) is 35.9 Å². The third kappa shape index (κ3) is 7.98. The lowest BCUT2D eigenvalue weighted by Crippen LogP contribution is -2.11. The monoisotopic (exact) mass is 341 g/mol. The van der Waals surface area contributed by atoms with E-state index in [1.165, 1.54) is 69.6 Å². The molecule has 0 heterocycles. The summed E-state index contributed by atoms with van der Waals surface area (Å²) in [6.07, 6.45) is 15.3. The van der Waals surface area contributed by atoms with Gasteiger partial charge in [-0.2, -0.15) is 0 Å². The number of alkyl halides is 1. The van der Waals surface area contributed by atoms with Crippen LogP contribution in [0.4, 0.5) is 0 Å². The summed E-state index contributed by atoms with van der Waals surface area (Å²) in [5.74, 6) is 0.827. The molecule has 0 radical (unpaired) electrons. The summed E-state index contributed by atoms with van der Waals surface area (Å²) in [6.45, 7) is 4.68. The van der Waals surface area contributed by atoms with Gasteiger partial charge in [-0.1, -0.05) is 57.0 Å². The average Bonchev–Trinajstić information content (AvgIpc) is 2.56. The van der Waals surface area contributed by atoms with E-state index < -0.39 is 7.26 Å². The maximum absolute atomic E-state index is 5.86. The van der Waals surface area contributed by atoms with Crippen molar-refractivity contribution in [3.8, 4) is 0 Å². The topological polar surface area (TPSA) is 0 Å². The van der Waals surface area contributed by atoms with Crippen molar-refractivity contribution in [1.29, 1.82) is 0 Å². The Kier molecular flexibility index (Phi) is 11.2. The SMILES string of the molecule is CCCC[P+](CCCC)(CCCCCCl)Cc1ccccc1. The van der Waals surface area contributed by atoms with Crippen LogP contribution in [0.15, 0.2) is 30.3 Å². The van der Waals surface area contributed by atoms with E-state index >= 15 is 0 Å². The highest BCUT2D eigenvalue weighted by Crippen LogP contribution is 2.63. The predicted octanol–water partition coefficient (Wildman–Crippen LogP) is 7.21. The van der Waals surface area contributed by atoms with Crippen molar-refractivity contribution in [3.63, 3.8) is 0 Å². The van der Waals surface area contributed by atoms with Gasteiger partial charge in [0.15, 0.2) is 0 Å². The third-order valence-corrected chi connectivity index (χ3v) is 9.70. The van der Waals surface area contributed by atoms with Gasteiger partial charge < -0.3 is 0 Å². The molecule has 0 spiro atoms. The van der Waals surface area contributed by atoms with Crippen LogP contribution in [-0.4, -0.2) is 24.4 Å². The Hall–Kier alpha value is -0.0600. The molecule has 0 fully saturated rings. The van der Waals surface area contributed by atoms with E-state index in [1.807, 2.05) is 0 Å². The highest BCUT2D eigenvalue weighted by Gasteiger charge is 2.35. The molecule has 0 aliphatic heterocycles. The summed E-state index contributed by atoms with van der Waals surface area (Å²) in [5.41, 5.74) is 1.57. The van der Waals surface area contributed by atoms with Crippen LogP contribution >= 0.6 is 18.9 Å². The van der Waals surface area contributed by atoms with Crippen LogP contribution in [0.2, 0.25) is 0 Å². The number of unbranched alkanes of at least 4 members (excludes halogenated alkanes) is 4. The molecule has 0 saturated heterocycles. The standard InChI is InChI=1S/C20H35ClP/c1-3-5-16-22(17-6-4-2,18-12-8-11-15-21)19-20-13-9-7-10-14-20/h7,9-10,13-14H,3-6,8,11-12,15-19H2,1-2H3/q+1. The van der Waals surface area contributed by atoms with Crippen molar-refractivity contribution in [1.82, 2.24) is 0 Å². The molecule has 0 unspecified atom stereocenters. The summed E-state index contributed by atoms with van der Waals surface area (Å²) in [7, 11) is -0.834. The molecule has 0 atom stereocenters. The highest BCUT2D eigenvalue weighted by atomic mass is 35.5. The number of benzene rings is 1. The van der Waals surface area contributed by atoms with Crippen LogP contribution in [0, 0.1) is 0 Å². The Morgan fingerprint density at radius 3 is 1.91 bits per heavy atom. The highest BCUT2D eigenvalue weighted by molar-refractivity contribution is 7.75. The molecule has 0 nitrogen and oxygen atoms in total. The molecule has 0 bridgehead atoms.